The third kappa shape index (κ3) is 2.25. The van der Waals surface area contributed by atoms with Gasteiger partial charge in [0.25, 0.3) is 0 Å². The van der Waals surface area contributed by atoms with Crippen LogP contribution < -0.4 is 10.6 Å². The summed E-state index contributed by atoms with van der Waals surface area (Å²) >= 11 is 12.0. The first-order valence-electron chi connectivity index (χ1n) is 5.69. The first kappa shape index (κ1) is 13.3. The average molecular weight is 314 g/mol. The lowest BCUT2D eigenvalue weighted by atomic mass is 10.2. The average Bonchev–Trinajstić information content (AvgIpc) is 2.43. The Bertz CT molecular complexity index is 808. The number of fused-ring (bicyclic) bond motifs is 1. The van der Waals surface area contributed by atoms with Crippen LogP contribution >= 0.6 is 23.2 Å². The Hall–Kier alpha value is -1.65. The van der Waals surface area contributed by atoms with Gasteiger partial charge in [-0.3, -0.25) is 0 Å². The van der Waals surface area contributed by atoms with Gasteiger partial charge in [0.1, 0.15) is 0 Å². The van der Waals surface area contributed by atoms with Crippen LogP contribution in [0.4, 0.5) is 8.78 Å². The molecule has 0 aliphatic carbocycles. The molecule has 1 aliphatic heterocycles. The fraction of sp³-hybridized carbons (Fsp3) is 0.0714. The molecule has 1 heterocycles. The van der Waals surface area contributed by atoms with E-state index in [0.29, 0.717) is 26.2 Å². The van der Waals surface area contributed by atoms with Crippen molar-refractivity contribution in [3.63, 3.8) is 0 Å². The molecule has 1 aliphatic rings. The van der Waals surface area contributed by atoms with Crippen molar-refractivity contribution in [2.75, 3.05) is 0 Å². The Kier molecular flexibility index (Phi) is 3.36. The van der Waals surface area contributed by atoms with Crippen molar-refractivity contribution in [2.24, 2.45) is 4.99 Å². The quantitative estimate of drug-likeness (QED) is 0.791. The summed E-state index contributed by atoms with van der Waals surface area (Å²) in [6.45, 7) is 0. The minimum absolute atomic E-state index is 0.302. The standard InChI is InChI=1S/C14H7Cl2F2NO/c15-9-3-1-2-8(13(9)16)14-19-12-5-11(18)10(17)4-7(12)6-20-14/h1-6,14H. The number of hydrogen-bond donors (Lipinski definition) is 0. The maximum atomic E-state index is 13.2. The molecule has 0 fully saturated rings. The summed E-state index contributed by atoms with van der Waals surface area (Å²) in [5, 5.41) is 1.37. The van der Waals surface area contributed by atoms with Gasteiger partial charge in [0.2, 0.25) is 6.23 Å². The predicted molar refractivity (Wildman–Crippen MR) is 71.9 cm³/mol. The number of ether oxygens (including phenoxy) is 1. The first-order valence-corrected chi connectivity index (χ1v) is 6.44. The molecular weight excluding hydrogens is 307 g/mol. The van der Waals surface area contributed by atoms with E-state index in [-0.39, 0.29) is 0 Å². The van der Waals surface area contributed by atoms with Gasteiger partial charge in [-0.15, -0.1) is 0 Å². The van der Waals surface area contributed by atoms with E-state index in [9.17, 15) is 8.78 Å². The monoisotopic (exact) mass is 313 g/mol. The maximum Gasteiger partial charge on any atom is 0.216 e. The second-order valence-electron chi connectivity index (χ2n) is 4.20. The smallest absolute Gasteiger partial charge is 0.216 e. The Labute approximate surface area is 122 Å². The molecule has 6 heteroatoms. The highest BCUT2D eigenvalue weighted by Crippen LogP contribution is 2.32. The highest BCUT2D eigenvalue weighted by atomic mass is 35.5. The zero-order chi connectivity index (χ0) is 14.3. The minimum atomic E-state index is -0.959. The summed E-state index contributed by atoms with van der Waals surface area (Å²) in [5.74, 6) is -1.91. The molecule has 0 bridgehead atoms. The zero-order valence-electron chi connectivity index (χ0n) is 9.91. The van der Waals surface area contributed by atoms with E-state index >= 15 is 0 Å². The van der Waals surface area contributed by atoms with Gasteiger partial charge in [0.05, 0.1) is 21.7 Å². The van der Waals surface area contributed by atoms with Crippen LogP contribution in [0.1, 0.15) is 11.8 Å². The van der Waals surface area contributed by atoms with E-state index in [0.717, 1.165) is 12.1 Å². The molecule has 1 unspecified atom stereocenters. The second-order valence-corrected chi connectivity index (χ2v) is 4.99. The highest BCUT2D eigenvalue weighted by Gasteiger charge is 2.18. The number of hydrogen-bond acceptors (Lipinski definition) is 2. The fourth-order valence-electron chi connectivity index (χ4n) is 1.91. The molecule has 2 aromatic rings. The number of nitrogens with zero attached hydrogens (tertiary/aromatic N) is 1. The Balaban J connectivity index is 2.13. The van der Waals surface area contributed by atoms with Crippen LogP contribution in [0.5, 0.6) is 0 Å². The normalized spacial score (nSPS) is 16.7. The number of rotatable bonds is 1. The summed E-state index contributed by atoms with van der Waals surface area (Å²) in [5.41, 5.74) is 0.561. The van der Waals surface area contributed by atoms with E-state index < -0.39 is 17.9 Å². The summed E-state index contributed by atoms with van der Waals surface area (Å²) in [6.07, 6.45) is 0.589. The van der Waals surface area contributed by atoms with Crippen molar-refractivity contribution in [1.82, 2.24) is 0 Å². The fourth-order valence-corrected chi connectivity index (χ4v) is 2.31. The topological polar surface area (TPSA) is 21.6 Å². The van der Waals surface area contributed by atoms with Crippen molar-refractivity contribution in [3.8, 4) is 0 Å². The van der Waals surface area contributed by atoms with E-state index in [1.807, 2.05) is 0 Å². The molecule has 2 aromatic carbocycles. The van der Waals surface area contributed by atoms with E-state index in [4.69, 9.17) is 27.9 Å². The maximum absolute atomic E-state index is 13.2. The van der Waals surface area contributed by atoms with E-state index in [1.54, 1.807) is 18.2 Å². The minimum Gasteiger partial charge on any atom is -0.471 e. The molecule has 0 aromatic heterocycles. The van der Waals surface area contributed by atoms with Gasteiger partial charge in [-0.2, -0.15) is 0 Å². The van der Waals surface area contributed by atoms with Crippen LogP contribution in [-0.2, 0) is 4.74 Å². The predicted octanol–water partition coefficient (Wildman–Crippen LogP) is 3.36. The van der Waals surface area contributed by atoms with Crippen molar-refractivity contribution in [1.29, 1.82) is 0 Å². The van der Waals surface area contributed by atoms with Crippen LogP contribution in [0.25, 0.3) is 6.26 Å². The Morgan fingerprint density at radius 1 is 1.10 bits per heavy atom. The molecular formula is C14H7Cl2F2NO. The van der Waals surface area contributed by atoms with Crippen molar-refractivity contribution in [3.05, 3.63) is 68.2 Å². The van der Waals surface area contributed by atoms with Gasteiger partial charge >= 0.3 is 0 Å². The Morgan fingerprint density at radius 3 is 2.65 bits per heavy atom. The van der Waals surface area contributed by atoms with Crippen LogP contribution in [-0.4, -0.2) is 0 Å². The van der Waals surface area contributed by atoms with Crippen LogP contribution in [0.2, 0.25) is 10.0 Å². The lowest BCUT2D eigenvalue weighted by Crippen LogP contribution is -2.31. The van der Waals surface area contributed by atoms with Crippen LogP contribution in [0.15, 0.2) is 35.3 Å². The lowest BCUT2D eigenvalue weighted by Gasteiger charge is -2.17. The molecule has 102 valence electrons. The first-order chi connectivity index (χ1) is 9.56. The molecule has 0 amide bonds. The summed E-state index contributed by atoms with van der Waals surface area (Å²) < 4.78 is 31.8. The molecule has 20 heavy (non-hydrogen) atoms. The van der Waals surface area contributed by atoms with Crippen molar-refractivity contribution < 1.29 is 13.5 Å². The number of halogens is 4. The second kappa shape index (κ2) is 5.04. The molecule has 0 N–H and O–H groups in total. The molecule has 1 atom stereocenters. The molecule has 3 rings (SSSR count). The van der Waals surface area contributed by atoms with Gasteiger partial charge in [-0.1, -0.05) is 35.3 Å². The van der Waals surface area contributed by atoms with E-state index in [2.05, 4.69) is 4.99 Å². The van der Waals surface area contributed by atoms with Crippen LogP contribution in [0, 0.1) is 11.6 Å². The largest absolute Gasteiger partial charge is 0.471 e. The van der Waals surface area contributed by atoms with Crippen molar-refractivity contribution in [2.45, 2.75) is 6.23 Å². The third-order valence-electron chi connectivity index (χ3n) is 2.90. The molecule has 0 saturated carbocycles. The molecule has 0 saturated heterocycles. The van der Waals surface area contributed by atoms with Gasteiger partial charge in [0, 0.05) is 16.8 Å². The molecule has 2 nitrogen and oxygen atoms in total. The van der Waals surface area contributed by atoms with E-state index in [1.165, 1.54) is 6.26 Å². The van der Waals surface area contributed by atoms with Crippen LogP contribution in [0.3, 0.4) is 0 Å². The molecule has 0 radical (unpaired) electrons. The third-order valence-corrected chi connectivity index (χ3v) is 3.73. The zero-order valence-corrected chi connectivity index (χ0v) is 11.4. The SMILES string of the molecule is Fc1cc2c(cc1F)=NC(c1cccc(Cl)c1Cl)OC=2. The van der Waals surface area contributed by atoms with Gasteiger partial charge < -0.3 is 4.74 Å². The highest BCUT2D eigenvalue weighted by molar-refractivity contribution is 6.42. The summed E-state index contributed by atoms with van der Waals surface area (Å²) in [7, 11) is 0. The summed E-state index contributed by atoms with van der Waals surface area (Å²) in [6, 6.07) is 7.12. The molecule has 0 spiro atoms. The van der Waals surface area contributed by atoms with Gasteiger partial charge in [-0.05, 0) is 12.1 Å². The Morgan fingerprint density at radius 2 is 1.85 bits per heavy atom. The van der Waals surface area contributed by atoms with Gasteiger partial charge in [0.15, 0.2) is 11.6 Å². The number of benzene rings is 2. The van der Waals surface area contributed by atoms with Gasteiger partial charge in [-0.25, -0.2) is 13.8 Å². The lowest BCUT2D eigenvalue weighted by molar-refractivity contribution is 0.181. The van der Waals surface area contributed by atoms with Crippen molar-refractivity contribution >= 4 is 29.5 Å². The summed E-state index contributed by atoms with van der Waals surface area (Å²) in [4.78, 5) is 4.22.